The number of morpholine rings is 1. The van der Waals surface area contributed by atoms with Crippen molar-refractivity contribution in [3.05, 3.63) is 41.7 Å². The molecule has 0 saturated carbocycles. The molecular weight excluding hydrogens is 380 g/mol. The van der Waals surface area contributed by atoms with Gasteiger partial charge in [-0.05, 0) is 19.5 Å². The minimum absolute atomic E-state index is 0.385. The van der Waals surface area contributed by atoms with Crippen molar-refractivity contribution in [1.82, 2.24) is 24.4 Å². The molecule has 2 aliphatic rings. The van der Waals surface area contributed by atoms with Gasteiger partial charge in [-0.25, -0.2) is 4.98 Å². The van der Waals surface area contributed by atoms with Gasteiger partial charge in [0.1, 0.15) is 0 Å². The summed E-state index contributed by atoms with van der Waals surface area (Å²) in [6, 6.07) is 8.58. The Balaban J connectivity index is 1.48. The molecule has 9 nitrogen and oxygen atoms in total. The summed E-state index contributed by atoms with van der Waals surface area (Å²) in [6.07, 6.45) is 3.67. The van der Waals surface area contributed by atoms with Crippen molar-refractivity contribution in [3.8, 4) is 0 Å². The van der Waals surface area contributed by atoms with Gasteiger partial charge < -0.3 is 19.1 Å². The Labute approximate surface area is 175 Å². The van der Waals surface area contributed by atoms with E-state index in [2.05, 4.69) is 56.0 Å². The van der Waals surface area contributed by atoms with Gasteiger partial charge in [0.2, 0.25) is 5.95 Å². The van der Waals surface area contributed by atoms with Crippen LogP contribution in [0, 0.1) is 6.92 Å². The van der Waals surface area contributed by atoms with E-state index in [1.54, 1.807) is 6.21 Å². The van der Waals surface area contributed by atoms with Gasteiger partial charge in [-0.15, -0.1) is 0 Å². The van der Waals surface area contributed by atoms with Crippen LogP contribution in [-0.2, 0) is 4.74 Å². The van der Waals surface area contributed by atoms with Crippen LogP contribution in [0.1, 0.15) is 17.2 Å². The maximum absolute atomic E-state index is 5.49. The molecule has 0 aliphatic carbocycles. The second kappa shape index (κ2) is 8.00. The molecule has 3 aromatic rings. The van der Waals surface area contributed by atoms with Crippen molar-refractivity contribution in [2.24, 2.45) is 5.10 Å². The Bertz CT molecular complexity index is 1070. The molecule has 1 N–H and O–H groups in total. The lowest BCUT2D eigenvalue weighted by molar-refractivity contribution is 0.122. The highest BCUT2D eigenvalue weighted by atomic mass is 16.5. The van der Waals surface area contributed by atoms with E-state index in [4.69, 9.17) is 14.7 Å². The average molecular weight is 406 g/mol. The number of anilines is 2. The number of hydrazone groups is 1. The third kappa shape index (κ3) is 3.73. The van der Waals surface area contributed by atoms with Crippen molar-refractivity contribution in [1.29, 1.82) is 0 Å². The second-order valence-corrected chi connectivity index (χ2v) is 7.95. The average Bonchev–Trinajstić information content (AvgIpc) is 3.16. The highest BCUT2D eigenvalue weighted by Gasteiger charge is 2.28. The quantitative estimate of drug-likeness (QED) is 0.512. The molecule has 2 saturated heterocycles. The number of benzene rings is 1. The van der Waals surface area contributed by atoms with Crippen LogP contribution in [0.25, 0.3) is 11.2 Å². The predicted molar refractivity (Wildman–Crippen MR) is 117 cm³/mol. The molecule has 4 heterocycles. The lowest BCUT2D eigenvalue weighted by Crippen LogP contribution is -2.44. The van der Waals surface area contributed by atoms with E-state index in [0.717, 1.165) is 42.9 Å². The molecule has 5 rings (SSSR count). The number of aryl methyl sites for hydroxylation is 1. The smallest absolute Gasteiger partial charge is 0.229 e. The minimum Gasteiger partial charge on any atom is -0.378 e. The zero-order valence-electron chi connectivity index (χ0n) is 17.3. The molecule has 0 spiro atoms. The normalized spacial score (nSPS) is 18.3. The molecule has 1 aromatic carbocycles. The highest BCUT2D eigenvalue weighted by molar-refractivity contribution is 5.86. The predicted octanol–water partition coefficient (Wildman–Crippen LogP) is 1.90. The Hall–Kier alpha value is -3.04. The number of fused-ring (bicyclic) bond motifs is 1. The first-order valence-corrected chi connectivity index (χ1v) is 10.3. The maximum Gasteiger partial charge on any atom is 0.229 e. The van der Waals surface area contributed by atoms with Gasteiger partial charge in [0, 0.05) is 26.2 Å². The van der Waals surface area contributed by atoms with E-state index in [0.29, 0.717) is 31.0 Å². The molecule has 2 aliphatic heterocycles. The van der Waals surface area contributed by atoms with Crippen molar-refractivity contribution in [2.45, 2.75) is 13.0 Å². The fourth-order valence-corrected chi connectivity index (χ4v) is 3.92. The van der Waals surface area contributed by atoms with Gasteiger partial charge in [-0.1, -0.05) is 29.8 Å². The first-order valence-electron chi connectivity index (χ1n) is 10.3. The van der Waals surface area contributed by atoms with Gasteiger partial charge in [-0.3, -0.25) is 5.43 Å². The molecule has 30 heavy (non-hydrogen) atoms. The fraction of sp³-hybridized carbons (Fsp3) is 0.429. The highest BCUT2D eigenvalue weighted by Crippen LogP contribution is 2.28. The molecule has 156 valence electrons. The topological polar surface area (TPSA) is 83.7 Å². The molecule has 0 amide bonds. The van der Waals surface area contributed by atoms with E-state index in [9.17, 15) is 0 Å². The number of hydrogen-bond donors (Lipinski definition) is 1. The van der Waals surface area contributed by atoms with Crippen LogP contribution in [0.3, 0.4) is 0 Å². The van der Waals surface area contributed by atoms with Crippen molar-refractivity contribution in [2.75, 3.05) is 56.8 Å². The monoisotopic (exact) mass is 406 g/mol. The molecule has 2 aromatic heterocycles. The number of aromatic nitrogens is 4. The fourth-order valence-electron chi connectivity index (χ4n) is 3.92. The van der Waals surface area contributed by atoms with Crippen LogP contribution in [0.15, 0.2) is 35.7 Å². The van der Waals surface area contributed by atoms with Gasteiger partial charge in [0.25, 0.3) is 0 Å². The van der Waals surface area contributed by atoms with Crippen molar-refractivity contribution >= 4 is 29.1 Å². The van der Waals surface area contributed by atoms with Gasteiger partial charge in [0.05, 0.1) is 31.8 Å². The van der Waals surface area contributed by atoms with Crippen LogP contribution < -0.4 is 10.3 Å². The van der Waals surface area contributed by atoms with Crippen molar-refractivity contribution < 1.29 is 4.74 Å². The zero-order chi connectivity index (χ0) is 20.5. The van der Waals surface area contributed by atoms with Crippen LogP contribution in [0.4, 0.5) is 11.8 Å². The van der Waals surface area contributed by atoms with Gasteiger partial charge in [0.15, 0.2) is 17.0 Å². The number of likely N-dealkylation sites (tertiary alicyclic amines) is 1. The third-order valence-electron chi connectivity index (χ3n) is 5.57. The summed E-state index contributed by atoms with van der Waals surface area (Å²) in [7, 11) is 2.12. The number of likely N-dealkylation sites (N-methyl/N-ethyl adjacent to an activating group) is 1. The van der Waals surface area contributed by atoms with Crippen LogP contribution in [0.5, 0.6) is 0 Å². The Morgan fingerprint density at radius 3 is 2.80 bits per heavy atom. The number of nitrogens with one attached hydrogen (secondary N) is 1. The molecule has 0 unspecified atom stereocenters. The SMILES string of the molecule is Cc1cccc(/C=N/Nc2nc(N3CCOCC3)nc3c2ncn3C2CN(C)C2)c1. The van der Waals surface area contributed by atoms with E-state index >= 15 is 0 Å². The number of hydrogen-bond acceptors (Lipinski definition) is 8. The zero-order valence-corrected chi connectivity index (χ0v) is 17.3. The minimum atomic E-state index is 0.385. The summed E-state index contributed by atoms with van der Waals surface area (Å²) in [5.74, 6) is 1.31. The van der Waals surface area contributed by atoms with Crippen LogP contribution in [0.2, 0.25) is 0 Å². The standard InChI is InChI=1S/C21H26N8O/c1-15-4-3-5-16(10-15)11-23-26-19-18-20(29(14-22-18)17-12-27(2)13-17)25-21(24-19)28-6-8-30-9-7-28/h3-5,10-11,14,17H,6-9,12-13H2,1-2H3,(H,24,25,26)/b23-11+. The van der Waals surface area contributed by atoms with Gasteiger partial charge >= 0.3 is 0 Å². The van der Waals surface area contributed by atoms with E-state index in [1.165, 1.54) is 5.56 Å². The molecular formula is C21H26N8O. The first-order chi connectivity index (χ1) is 14.7. The van der Waals surface area contributed by atoms with Gasteiger partial charge in [-0.2, -0.15) is 15.1 Å². The van der Waals surface area contributed by atoms with E-state index in [1.807, 2.05) is 18.5 Å². The summed E-state index contributed by atoms with van der Waals surface area (Å²) in [4.78, 5) is 18.7. The summed E-state index contributed by atoms with van der Waals surface area (Å²) in [6.45, 7) is 6.98. The Kier molecular flexibility index (Phi) is 5.06. The maximum atomic E-state index is 5.49. The summed E-state index contributed by atoms with van der Waals surface area (Å²) in [5.41, 5.74) is 6.92. The Morgan fingerprint density at radius 2 is 2.03 bits per heavy atom. The Morgan fingerprint density at radius 1 is 1.20 bits per heavy atom. The molecule has 0 bridgehead atoms. The summed E-state index contributed by atoms with van der Waals surface area (Å²) in [5, 5.41) is 4.42. The molecule has 0 atom stereocenters. The van der Waals surface area contributed by atoms with Crippen molar-refractivity contribution in [3.63, 3.8) is 0 Å². The van der Waals surface area contributed by atoms with E-state index in [-0.39, 0.29) is 0 Å². The second-order valence-electron chi connectivity index (χ2n) is 7.95. The van der Waals surface area contributed by atoms with E-state index < -0.39 is 0 Å². The lowest BCUT2D eigenvalue weighted by atomic mass is 10.1. The van der Waals surface area contributed by atoms with Crippen LogP contribution in [-0.4, -0.2) is 77.1 Å². The molecule has 2 fully saturated rings. The molecule has 0 radical (unpaired) electrons. The number of nitrogens with zero attached hydrogens (tertiary/aromatic N) is 7. The number of ether oxygens (including phenoxy) is 1. The first kappa shape index (κ1) is 19.0. The number of rotatable bonds is 5. The third-order valence-corrected chi connectivity index (χ3v) is 5.57. The largest absolute Gasteiger partial charge is 0.378 e. The van der Waals surface area contributed by atoms with Crippen LogP contribution >= 0.6 is 0 Å². The summed E-state index contributed by atoms with van der Waals surface area (Å²) < 4.78 is 7.65. The number of imidazole rings is 1. The molecule has 9 heteroatoms. The lowest BCUT2D eigenvalue weighted by Gasteiger charge is -2.37. The summed E-state index contributed by atoms with van der Waals surface area (Å²) >= 11 is 0.